The summed E-state index contributed by atoms with van der Waals surface area (Å²) in [6, 6.07) is 0. The van der Waals surface area contributed by atoms with E-state index in [-0.39, 0.29) is 12.5 Å². The number of carboxylic acid groups (broad SMARTS) is 1. The van der Waals surface area contributed by atoms with E-state index in [9.17, 15) is 9.59 Å². The molecule has 0 aliphatic rings. The van der Waals surface area contributed by atoms with Gasteiger partial charge >= 0.3 is 5.97 Å². The van der Waals surface area contributed by atoms with Crippen molar-refractivity contribution in [3.63, 3.8) is 0 Å². The summed E-state index contributed by atoms with van der Waals surface area (Å²) in [5, 5.41) is 12.5. The molecule has 0 radical (unpaired) electrons. The van der Waals surface area contributed by atoms with E-state index in [0.29, 0.717) is 5.69 Å². The van der Waals surface area contributed by atoms with Crippen molar-refractivity contribution in [3.8, 4) is 0 Å². The molecule has 1 rings (SSSR count). The number of aliphatic carboxylic acids is 1. The summed E-state index contributed by atoms with van der Waals surface area (Å²) in [6.45, 7) is 1.43. The largest absolute Gasteiger partial charge is 0.480 e. The maximum Gasteiger partial charge on any atom is 0.323 e. The Kier molecular flexibility index (Phi) is 3.08. The van der Waals surface area contributed by atoms with Gasteiger partial charge in [0.25, 0.3) is 5.91 Å². The van der Waals surface area contributed by atoms with Gasteiger partial charge in [0.1, 0.15) is 6.54 Å². The van der Waals surface area contributed by atoms with E-state index in [1.807, 2.05) is 0 Å². The van der Waals surface area contributed by atoms with Gasteiger partial charge in [-0.05, 0) is 6.92 Å². The number of nitrogens with zero attached hydrogens (tertiary/aromatic N) is 3. The monoisotopic (exact) mass is 211 g/mol. The van der Waals surface area contributed by atoms with Crippen LogP contribution in [0.15, 0.2) is 6.20 Å². The first-order valence-electron chi connectivity index (χ1n) is 4.39. The molecule has 1 N–H and O–H groups in total. The zero-order valence-corrected chi connectivity index (χ0v) is 8.89. The first-order valence-corrected chi connectivity index (χ1v) is 4.39. The molecule has 0 saturated carbocycles. The van der Waals surface area contributed by atoms with Gasteiger partial charge in [-0.15, -0.1) is 0 Å². The molecular weight excluding hydrogens is 198 g/mol. The van der Waals surface area contributed by atoms with Crippen molar-refractivity contribution in [1.82, 2.24) is 14.7 Å². The number of rotatable bonds is 3. The van der Waals surface area contributed by atoms with E-state index in [1.165, 1.54) is 11.7 Å². The lowest BCUT2D eigenvalue weighted by atomic mass is 10.2. The van der Waals surface area contributed by atoms with Gasteiger partial charge in [-0.25, -0.2) is 0 Å². The fourth-order valence-electron chi connectivity index (χ4n) is 1.27. The number of hydrogen-bond donors (Lipinski definition) is 1. The lowest BCUT2D eigenvalue weighted by molar-refractivity contribution is -0.137. The second-order valence-electron chi connectivity index (χ2n) is 3.39. The summed E-state index contributed by atoms with van der Waals surface area (Å²) in [5.74, 6) is -1.42. The topological polar surface area (TPSA) is 75.4 Å². The van der Waals surface area contributed by atoms with Crippen molar-refractivity contribution in [1.29, 1.82) is 0 Å². The Morgan fingerprint density at radius 3 is 2.60 bits per heavy atom. The van der Waals surface area contributed by atoms with Crippen molar-refractivity contribution in [2.75, 3.05) is 13.6 Å². The molecule has 0 atom stereocenters. The lowest BCUT2D eigenvalue weighted by Crippen LogP contribution is -2.32. The molecule has 6 nitrogen and oxygen atoms in total. The number of carbonyl (C=O) groups excluding carboxylic acids is 1. The van der Waals surface area contributed by atoms with Gasteiger partial charge in [0.2, 0.25) is 0 Å². The van der Waals surface area contributed by atoms with E-state index < -0.39 is 5.97 Å². The van der Waals surface area contributed by atoms with Crippen LogP contribution in [0, 0.1) is 6.92 Å². The van der Waals surface area contributed by atoms with Crippen LogP contribution in [0.3, 0.4) is 0 Å². The molecule has 0 saturated heterocycles. The predicted molar refractivity (Wildman–Crippen MR) is 52.5 cm³/mol. The van der Waals surface area contributed by atoms with Crippen molar-refractivity contribution >= 4 is 11.9 Å². The van der Waals surface area contributed by atoms with Gasteiger partial charge in [-0.1, -0.05) is 0 Å². The smallest absolute Gasteiger partial charge is 0.323 e. The maximum atomic E-state index is 11.7. The van der Waals surface area contributed by atoms with Crippen LogP contribution < -0.4 is 0 Å². The molecule has 0 unspecified atom stereocenters. The number of likely N-dealkylation sites (N-methyl/N-ethyl adjacent to an activating group) is 1. The normalized spacial score (nSPS) is 10.1. The molecule has 0 aliphatic carbocycles. The Morgan fingerprint density at radius 2 is 2.20 bits per heavy atom. The standard InChI is InChI=1S/C9H13N3O3/c1-6-4-12(3)10-8(6)9(15)11(2)5-7(13)14/h4H,5H2,1-3H3,(H,13,14). The van der Waals surface area contributed by atoms with Crippen molar-refractivity contribution in [2.24, 2.45) is 7.05 Å². The number of amides is 1. The lowest BCUT2D eigenvalue weighted by Gasteiger charge is -2.12. The van der Waals surface area contributed by atoms with Crippen LogP contribution in [0.2, 0.25) is 0 Å². The molecule has 1 amide bonds. The minimum atomic E-state index is -1.04. The van der Waals surface area contributed by atoms with Crippen LogP contribution in [0.5, 0.6) is 0 Å². The first-order chi connectivity index (χ1) is 6.91. The SMILES string of the molecule is Cc1cn(C)nc1C(=O)N(C)CC(=O)O. The third kappa shape index (κ3) is 2.55. The summed E-state index contributed by atoms with van der Waals surface area (Å²) < 4.78 is 1.52. The highest BCUT2D eigenvalue weighted by Gasteiger charge is 2.19. The molecule has 1 heterocycles. The van der Waals surface area contributed by atoms with Crippen LogP contribution in [0.1, 0.15) is 16.1 Å². The van der Waals surface area contributed by atoms with Gasteiger partial charge in [0.15, 0.2) is 5.69 Å². The van der Waals surface area contributed by atoms with E-state index >= 15 is 0 Å². The summed E-state index contributed by atoms with van der Waals surface area (Å²) in [7, 11) is 3.14. The van der Waals surface area contributed by atoms with Gasteiger partial charge in [-0.3, -0.25) is 14.3 Å². The number of aromatic nitrogens is 2. The summed E-state index contributed by atoms with van der Waals surface area (Å²) in [4.78, 5) is 23.2. The quantitative estimate of drug-likeness (QED) is 0.756. The molecule has 15 heavy (non-hydrogen) atoms. The Balaban J connectivity index is 2.84. The number of carbonyl (C=O) groups is 2. The Labute approximate surface area is 87.1 Å². The van der Waals surface area contributed by atoms with Crippen LogP contribution in [-0.4, -0.2) is 45.3 Å². The molecule has 6 heteroatoms. The van der Waals surface area contributed by atoms with Crippen molar-refractivity contribution in [3.05, 3.63) is 17.5 Å². The average molecular weight is 211 g/mol. The fourth-order valence-corrected chi connectivity index (χ4v) is 1.27. The van der Waals surface area contributed by atoms with Crippen molar-refractivity contribution in [2.45, 2.75) is 6.92 Å². The van der Waals surface area contributed by atoms with Crippen LogP contribution in [0.25, 0.3) is 0 Å². The second kappa shape index (κ2) is 4.12. The van der Waals surface area contributed by atoms with Crippen LogP contribution in [-0.2, 0) is 11.8 Å². The van der Waals surface area contributed by atoms with Crippen molar-refractivity contribution < 1.29 is 14.7 Å². The van der Waals surface area contributed by atoms with E-state index in [2.05, 4.69) is 5.10 Å². The summed E-state index contributed by atoms with van der Waals surface area (Å²) >= 11 is 0. The van der Waals surface area contributed by atoms with Gasteiger partial charge in [-0.2, -0.15) is 5.10 Å². The summed E-state index contributed by atoms with van der Waals surface area (Å²) in [5.41, 5.74) is 1.03. The molecule has 0 spiro atoms. The first kappa shape index (κ1) is 11.2. The number of carboxylic acids is 1. The zero-order valence-electron chi connectivity index (χ0n) is 8.89. The Hall–Kier alpha value is -1.85. The molecule has 82 valence electrons. The predicted octanol–water partition coefficient (Wildman–Crippen LogP) is -0.115. The molecule has 1 aromatic rings. The molecule has 0 aromatic carbocycles. The van der Waals surface area contributed by atoms with Gasteiger partial charge in [0, 0.05) is 25.9 Å². The third-order valence-electron chi connectivity index (χ3n) is 1.93. The Bertz CT molecular complexity index is 397. The average Bonchev–Trinajstić information content (AvgIpc) is 2.42. The molecular formula is C9H13N3O3. The van der Waals surface area contributed by atoms with E-state index in [0.717, 1.165) is 10.5 Å². The highest BCUT2D eigenvalue weighted by atomic mass is 16.4. The maximum absolute atomic E-state index is 11.7. The molecule has 1 aromatic heterocycles. The number of hydrogen-bond acceptors (Lipinski definition) is 3. The summed E-state index contributed by atoms with van der Waals surface area (Å²) in [6.07, 6.45) is 1.71. The van der Waals surface area contributed by atoms with Gasteiger partial charge in [0.05, 0.1) is 0 Å². The highest BCUT2D eigenvalue weighted by molar-refractivity contribution is 5.95. The molecule has 0 aliphatic heterocycles. The zero-order chi connectivity index (χ0) is 11.6. The minimum absolute atomic E-state index is 0.293. The highest BCUT2D eigenvalue weighted by Crippen LogP contribution is 2.06. The van der Waals surface area contributed by atoms with E-state index in [4.69, 9.17) is 5.11 Å². The van der Waals surface area contributed by atoms with Gasteiger partial charge < -0.3 is 10.0 Å². The van der Waals surface area contributed by atoms with E-state index in [1.54, 1.807) is 20.2 Å². The molecule has 0 bridgehead atoms. The fraction of sp³-hybridized carbons (Fsp3) is 0.444. The van der Waals surface area contributed by atoms with Crippen LogP contribution in [0.4, 0.5) is 0 Å². The third-order valence-corrected chi connectivity index (χ3v) is 1.93. The minimum Gasteiger partial charge on any atom is -0.480 e. The molecule has 0 fully saturated rings. The second-order valence-corrected chi connectivity index (χ2v) is 3.39. The Morgan fingerprint density at radius 1 is 1.60 bits per heavy atom. The van der Waals surface area contributed by atoms with Crippen LogP contribution >= 0.6 is 0 Å². The number of aryl methyl sites for hydroxylation is 2.